The van der Waals surface area contributed by atoms with Crippen LogP contribution in [0.25, 0.3) is 0 Å². The van der Waals surface area contributed by atoms with Gasteiger partial charge in [-0.15, -0.1) is 24.8 Å². The number of hydrogen-bond acceptors (Lipinski definition) is 2. The van der Waals surface area contributed by atoms with Crippen molar-refractivity contribution in [3.63, 3.8) is 0 Å². The zero-order valence-corrected chi connectivity index (χ0v) is 13.8. The van der Waals surface area contributed by atoms with Gasteiger partial charge in [0.1, 0.15) is 0 Å². The van der Waals surface area contributed by atoms with Crippen molar-refractivity contribution in [2.75, 3.05) is 26.2 Å². The van der Waals surface area contributed by atoms with Crippen molar-refractivity contribution >= 4 is 36.4 Å². The zero-order valence-electron chi connectivity index (χ0n) is 11.4. The molecule has 1 aliphatic heterocycles. The van der Waals surface area contributed by atoms with E-state index in [1.807, 2.05) is 6.92 Å². The van der Waals surface area contributed by atoms with Crippen molar-refractivity contribution in [2.24, 2.45) is 0 Å². The molecule has 0 aromatic heterocycles. The molecule has 0 radical (unpaired) electrons. The maximum absolute atomic E-state index is 12.8. The fourth-order valence-electron chi connectivity index (χ4n) is 2.30. The number of halogens is 6. The molecule has 8 heteroatoms. The summed E-state index contributed by atoms with van der Waals surface area (Å²) < 4.78 is 38.3. The van der Waals surface area contributed by atoms with Crippen molar-refractivity contribution in [1.29, 1.82) is 0 Å². The van der Waals surface area contributed by atoms with Crippen LogP contribution in [0.5, 0.6) is 0 Å². The number of alkyl halides is 3. The minimum absolute atomic E-state index is 0. The summed E-state index contributed by atoms with van der Waals surface area (Å²) in [5.41, 5.74) is -0.0706. The molecule has 0 amide bonds. The van der Waals surface area contributed by atoms with Crippen LogP contribution in [0, 0.1) is 0 Å². The van der Waals surface area contributed by atoms with Crippen LogP contribution >= 0.6 is 36.4 Å². The molecule has 1 aromatic rings. The number of hydrogen-bond donors (Lipinski definition) is 1. The first kappa shape index (κ1) is 20.8. The Morgan fingerprint density at radius 2 is 1.71 bits per heavy atom. The Balaban J connectivity index is 0.00000200. The number of piperazine rings is 1. The Bertz CT molecular complexity index is 449. The average Bonchev–Trinajstić information content (AvgIpc) is 2.37. The third kappa shape index (κ3) is 5.49. The van der Waals surface area contributed by atoms with Gasteiger partial charge in [-0.25, -0.2) is 0 Å². The van der Waals surface area contributed by atoms with Crippen LogP contribution in [-0.4, -0.2) is 31.1 Å². The largest absolute Gasteiger partial charge is 0.416 e. The molecule has 1 fully saturated rings. The first-order chi connectivity index (χ1) is 8.88. The third-order valence-corrected chi connectivity index (χ3v) is 3.65. The van der Waals surface area contributed by atoms with Gasteiger partial charge in [-0.2, -0.15) is 13.2 Å². The second-order valence-corrected chi connectivity index (χ2v) is 5.17. The van der Waals surface area contributed by atoms with Crippen LogP contribution in [0.4, 0.5) is 13.2 Å². The van der Waals surface area contributed by atoms with Crippen LogP contribution in [0.3, 0.4) is 0 Å². The predicted octanol–water partition coefficient (Wildman–Crippen LogP) is 4.17. The molecule has 2 nitrogen and oxygen atoms in total. The lowest BCUT2D eigenvalue weighted by Crippen LogP contribution is -2.44. The molecule has 0 unspecified atom stereocenters. The molecule has 0 spiro atoms. The molecule has 2 rings (SSSR count). The summed E-state index contributed by atoms with van der Waals surface area (Å²) in [5, 5.41) is 3.35. The highest BCUT2D eigenvalue weighted by molar-refractivity contribution is 6.30. The summed E-state index contributed by atoms with van der Waals surface area (Å²) >= 11 is 5.81. The van der Waals surface area contributed by atoms with E-state index in [1.54, 1.807) is 6.07 Å². The lowest BCUT2D eigenvalue weighted by molar-refractivity contribution is -0.137. The van der Waals surface area contributed by atoms with Crippen LogP contribution in [-0.2, 0) is 6.18 Å². The summed E-state index contributed by atoms with van der Waals surface area (Å²) in [4.78, 5) is 2.16. The zero-order chi connectivity index (χ0) is 14.0. The molecule has 1 aromatic carbocycles. The van der Waals surface area contributed by atoms with Crippen LogP contribution < -0.4 is 5.32 Å². The van der Waals surface area contributed by atoms with Gasteiger partial charge in [-0.05, 0) is 30.7 Å². The van der Waals surface area contributed by atoms with E-state index in [1.165, 1.54) is 6.07 Å². The summed E-state index contributed by atoms with van der Waals surface area (Å²) in [7, 11) is 0. The van der Waals surface area contributed by atoms with E-state index in [0.717, 1.165) is 32.2 Å². The Morgan fingerprint density at radius 1 is 1.14 bits per heavy atom. The van der Waals surface area contributed by atoms with Crippen molar-refractivity contribution in [1.82, 2.24) is 10.2 Å². The van der Waals surface area contributed by atoms with E-state index in [2.05, 4.69) is 10.2 Å². The van der Waals surface area contributed by atoms with E-state index in [4.69, 9.17) is 11.6 Å². The second-order valence-electron chi connectivity index (χ2n) is 4.73. The molecule has 1 heterocycles. The van der Waals surface area contributed by atoms with Gasteiger partial charge < -0.3 is 5.32 Å². The molecule has 122 valence electrons. The maximum atomic E-state index is 12.8. The minimum Gasteiger partial charge on any atom is -0.314 e. The van der Waals surface area contributed by atoms with E-state index in [9.17, 15) is 13.2 Å². The number of nitrogens with zero attached hydrogens (tertiary/aromatic N) is 1. The lowest BCUT2D eigenvalue weighted by atomic mass is 10.0. The van der Waals surface area contributed by atoms with Crippen LogP contribution in [0.2, 0.25) is 5.02 Å². The summed E-state index contributed by atoms with van der Waals surface area (Å²) in [6.07, 6.45) is -4.36. The molecule has 0 aliphatic carbocycles. The average molecular weight is 366 g/mol. The predicted molar refractivity (Wildman–Crippen MR) is 83.8 cm³/mol. The Morgan fingerprint density at radius 3 is 2.24 bits per heavy atom. The van der Waals surface area contributed by atoms with Crippen LogP contribution in [0.15, 0.2) is 18.2 Å². The van der Waals surface area contributed by atoms with E-state index in [0.29, 0.717) is 5.56 Å². The smallest absolute Gasteiger partial charge is 0.314 e. The quantitative estimate of drug-likeness (QED) is 0.846. The van der Waals surface area contributed by atoms with Gasteiger partial charge >= 0.3 is 6.18 Å². The minimum atomic E-state index is -4.36. The van der Waals surface area contributed by atoms with Gasteiger partial charge in [0, 0.05) is 37.2 Å². The molecule has 0 saturated carbocycles. The van der Waals surface area contributed by atoms with E-state index >= 15 is 0 Å². The highest BCUT2D eigenvalue weighted by Crippen LogP contribution is 2.34. The van der Waals surface area contributed by atoms with Crippen molar-refractivity contribution in [2.45, 2.75) is 19.1 Å². The number of nitrogens with one attached hydrogen (secondary N) is 1. The molecule has 1 aliphatic rings. The normalized spacial score (nSPS) is 17.6. The maximum Gasteiger partial charge on any atom is 0.416 e. The van der Waals surface area contributed by atoms with Crippen LogP contribution in [0.1, 0.15) is 24.1 Å². The highest BCUT2D eigenvalue weighted by atomic mass is 35.5. The molecule has 1 atom stereocenters. The summed E-state index contributed by atoms with van der Waals surface area (Å²) in [6, 6.07) is 3.71. The first-order valence-corrected chi connectivity index (χ1v) is 6.58. The highest BCUT2D eigenvalue weighted by Gasteiger charge is 2.32. The molecule has 21 heavy (non-hydrogen) atoms. The van der Waals surface area contributed by atoms with Crippen molar-refractivity contribution < 1.29 is 13.2 Å². The van der Waals surface area contributed by atoms with Gasteiger partial charge in [0.15, 0.2) is 0 Å². The van der Waals surface area contributed by atoms with Crippen molar-refractivity contribution in [3.8, 4) is 0 Å². The van der Waals surface area contributed by atoms with E-state index < -0.39 is 11.7 Å². The SMILES string of the molecule is C[C@@H](c1cc(Cl)cc(C(F)(F)F)c1)N1CCNCC1.Cl.Cl. The Hall–Kier alpha value is -0.200. The summed E-state index contributed by atoms with van der Waals surface area (Å²) in [6.45, 7) is 5.29. The standard InChI is InChI=1S/C13H16ClF3N2.2ClH/c1-9(19-4-2-18-3-5-19)10-6-11(13(15,16)17)8-12(14)7-10;;/h6-9,18H,2-5H2,1H3;2*1H/t9-;;/m0../s1. The summed E-state index contributed by atoms with van der Waals surface area (Å²) in [5.74, 6) is 0. The van der Waals surface area contributed by atoms with Gasteiger partial charge in [-0.1, -0.05) is 11.6 Å². The number of benzene rings is 1. The lowest BCUT2D eigenvalue weighted by Gasteiger charge is -2.33. The molecular weight excluding hydrogens is 348 g/mol. The first-order valence-electron chi connectivity index (χ1n) is 6.20. The van der Waals surface area contributed by atoms with Gasteiger partial charge in [-0.3, -0.25) is 4.90 Å². The molecule has 0 bridgehead atoms. The Labute approximate surface area is 139 Å². The number of rotatable bonds is 2. The molecular formula is C13H18Cl3F3N2. The Kier molecular flexibility index (Phi) is 8.36. The second kappa shape index (κ2) is 8.44. The van der Waals surface area contributed by atoms with Gasteiger partial charge in [0.25, 0.3) is 0 Å². The molecule has 1 N–H and O–H groups in total. The molecule has 1 saturated heterocycles. The third-order valence-electron chi connectivity index (χ3n) is 3.43. The fraction of sp³-hybridized carbons (Fsp3) is 0.538. The van der Waals surface area contributed by atoms with Crippen molar-refractivity contribution in [3.05, 3.63) is 34.3 Å². The fourth-order valence-corrected chi connectivity index (χ4v) is 2.54. The topological polar surface area (TPSA) is 15.3 Å². The van der Waals surface area contributed by atoms with Gasteiger partial charge in [0.05, 0.1) is 5.56 Å². The van der Waals surface area contributed by atoms with Gasteiger partial charge in [0.2, 0.25) is 0 Å². The van der Waals surface area contributed by atoms with E-state index in [-0.39, 0.29) is 35.9 Å². The monoisotopic (exact) mass is 364 g/mol.